The van der Waals surface area contributed by atoms with Gasteiger partial charge in [-0.1, -0.05) is 50.5 Å². The van der Waals surface area contributed by atoms with E-state index in [2.05, 4.69) is 30.7 Å². The van der Waals surface area contributed by atoms with Gasteiger partial charge in [-0.25, -0.2) is 0 Å². The van der Waals surface area contributed by atoms with Crippen molar-refractivity contribution in [3.8, 4) is 0 Å². The summed E-state index contributed by atoms with van der Waals surface area (Å²) in [5, 5.41) is 0. The van der Waals surface area contributed by atoms with Gasteiger partial charge in [0.25, 0.3) is 0 Å². The lowest BCUT2D eigenvalue weighted by atomic mass is 9.49. The first kappa shape index (κ1) is 35.3. The smallest absolute Gasteiger partial charge is 0.437 e. The van der Waals surface area contributed by atoms with Crippen molar-refractivity contribution < 1.29 is 54.9 Å². The molecule has 8 atom stereocenters. The molecule has 0 aromatic carbocycles. The van der Waals surface area contributed by atoms with Crippen LogP contribution in [0.1, 0.15) is 99.3 Å². The number of allylic oxidation sites excluding steroid dienone is 3. The highest BCUT2D eigenvalue weighted by Crippen LogP contribution is 2.66. The largest absolute Gasteiger partial charge is 0.462 e. The molecule has 0 amide bonds. The number of carbonyl (C=O) groups excluding carboxylic acids is 3. The Morgan fingerprint density at radius 1 is 0.889 bits per heavy atom. The van der Waals surface area contributed by atoms with E-state index in [9.17, 15) is 40.7 Å². The Bertz CT molecular complexity index is 1220. The number of halogens is 6. The Balaban J connectivity index is 1.54. The summed E-state index contributed by atoms with van der Waals surface area (Å²) in [5.41, 5.74) is -2.93. The van der Waals surface area contributed by atoms with Crippen molar-refractivity contribution in [2.45, 2.75) is 129 Å². The van der Waals surface area contributed by atoms with E-state index in [1.807, 2.05) is 6.92 Å². The van der Waals surface area contributed by atoms with E-state index in [4.69, 9.17) is 9.47 Å². The average Bonchev–Trinajstić information content (AvgIpc) is 3.24. The predicted octanol–water partition coefficient (Wildman–Crippen LogP) is 8.19. The quantitative estimate of drug-likeness (QED) is 0.150. The zero-order chi connectivity index (χ0) is 33.8. The van der Waals surface area contributed by atoms with Crippen molar-refractivity contribution in [3.05, 3.63) is 23.3 Å². The Hall–Kier alpha value is -2.53. The zero-order valence-electron chi connectivity index (χ0n) is 26.7. The fourth-order valence-corrected chi connectivity index (χ4v) is 9.41. The minimum absolute atomic E-state index is 0.0754. The van der Waals surface area contributed by atoms with Gasteiger partial charge in [0.1, 0.15) is 12.2 Å². The number of rotatable bonds is 8. The van der Waals surface area contributed by atoms with Crippen LogP contribution in [-0.2, 0) is 28.6 Å². The third-order valence-electron chi connectivity index (χ3n) is 11.4. The molecule has 45 heavy (non-hydrogen) atoms. The summed E-state index contributed by atoms with van der Waals surface area (Å²) in [5.74, 6) is -2.29. The van der Waals surface area contributed by atoms with Gasteiger partial charge in [0, 0.05) is 45.4 Å². The highest BCUT2D eigenvalue weighted by Gasteiger charge is 2.73. The summed E-state index contributed by atoms with van der Waals surface area (Å²) < 4.78 is 98.0. The molecule has 0 saturated heterocycles. The van der Waals surface area contributed by atoms with Crippen molar-refractivity contribution >= 4 is 17.9 Å². The van der Waals surface area contributed by atoms with Crippen LogP contribution >= 0.6 is 0 Å². The summed E-state index contributed by atoms with van der Waals surface area (Å²) in [7, 11) is 0. The minimum atomic E-state index is -5.81. The van der Waals surface area contributed by atoms with Gasteiger partial charge in [-0.2, -0.15) is 26.3 Å². The van der Waals surface area contributed by atoms with E-state index in [1.165, 1.54) is 19.4 Å². The molecule has 0 aromatic heterocycles. The third kappa shape index (κ3) is 6.27. The molecule has 0 spiro atoms. The van der Waals surface area contributed by atoms with Gasteiger partial charge in [-0.15, -0.1) is 0 Å². The van der Waals surface area contributed by atoms with Gasteiger partial charge < -0.3 is 14.2 Å². The van der Waals surface area contributed by atoms with Gasteiger partial charge in [-0.3, -0.25) is 14.4 Å². The molecule has 254 valence electrons. The van der Waals surface area contributed by atoms with Gasteiger partial charge >= 0.3 is 35.9 Å². The first-order valence-electron chi connectivity index (χ1n) is 15.8. The summed E-state index contributed by atoms with van der Waals surface area (Å²) >= 11 is 0. The molecule has 12 heteroatoms. The molecule has 0 radical (unpaired) electrons. The van der Waals surface area contributed by atoms with Crippen LogP contribution in [0, 0.1) is 34.5 Å². The SMILES string of the molecule is CC(=O)O[C@@H]1CC2=CC=C3[C@@H]4CC[C@H]([C@H](C)CCCC(OC(C)=O)(C(F)(F)F)C(F)(F)F)[C@@]4(C)CC[C@@H]3[C@@]2(C)[C@@H](OC(C)=O)C1. The van der Waals surface area contributed by atoms with Gasteiger partial charge in [-0.05, 0) is 61.2 Å². The normalized spacial score (nSPS) is 33.9. The van der Waals surface area contributed by atoms with Crippen LogP contribution in [0.2, 0.25) is 0 Å². The Morgan fingerprint density at radius 3 is 2.07 bits per heavy atom. The van der Waals surface area contributed by atoms with Crippen LogP contribution in [0.25, 0.3) is 0 Å². The van der Waals surface area contributed by atoms with Crippen LogP contribution in [-0.4, -0.2) is 48.1 Å². The second-order valence-electron chi connectivity index (χ2n) is 14.0. The molecule has 4 aliphatic rings. The Labute approximate surface area is 260 Å². The highest BCUT2D eigenvalue weighted by atomic mass is 19.4. The van der Waals surface area contributed by atoms with Crippen molar-refractivity contribution in [2.24, 2.45) is 34.5 Å². The number of alkyl halides is 6. The topological polar surface area (TPSA) is 78.9 Å². The Morgan fingerprint density at radius 2 is 1.51 bits per heavy atom. The molecule has 4 aliphatic carbocycles. The number of carbonyl (C=O) groups is 3. The number of hydrogen-bond donors (Lipinski definition) is 0. The second-order valence-corrected chi connectivity index (χ2v) is 14.0. The van der Waals surface area contributed by atoms with E-state index in [0.29, 0.717) is 19.8 Å². The third-order valence-corrected chi connectivity index (χ3v) is 11.4. The second kappa shape index (κ2) is 12.2. The molecule has 3 fully saturated rings. The van der Waals surface area contributed by atoms with E-state index in [-0.39, 0.29) is 35.5 Å². The molecule has 6 nitrogen and oxygen atoms in total. The fraction of sp³-hybridized carbons (Fsp3) is 0.788. The lowest BCUT2D eigenvalue weighted by Crippen LogP contribution is -2.59. The average molecular weight is 651 g/mol. The molecule has 3 saturated carbocycles. The molecule has 0 aliphatic heterocycles. The molecule has 0 heterocycles. The van der Waals surface area contributed by atoms with Crippen LogP contribution in [0.4, 0.5) is 26.3 Å². The standard InChI is InChI=1S/C33H44F6O6/c1-18(8-7-14-31(32(34,35)36,33(37,38)39)45-21(4)42)25-11-12-26-24-10-9-22-16-23(43-19(2)40)17-28(44-20(3)41)30(22,6)27(24)13-15-29(25,26)5/h9-10,18,23,25-28H,7-8,11-17H2,1-6H3/t18-,23-,25-,26+,27+,28+,29-,30+/m1/s1. The van der Waals surface area contributed by atoms with E-state index in [1.54, 1.807) is 0 Å². The fourth-order valence-electron chi connectivity index (χ4n) is 9.41. The van der Waals surface area contributed by atoms with Crippen LogP contribution in [0.5, 0.6) is 0 Å². The molecule has 0 N–H and O–H groups in total. The maximum atomic E-state index is 13.8. The minimum Gasteiger partial charge on any atom is -0.462 e. The van der Waals surface area contributed by atoms with E-state index in [0.717, 1.165) is 31.3 Å². The predicted molar refractivity (Wildman–Crippen MR) is 151 cm³/mol. The maximum Gasteiger partial charge on any atom is 0.437 e. The van der Waals surface area contributed by atoms with Crippen molar-refractivity contribution in [1.82, 2.24) is 0 Å². The summed E-state index contributed by atoms with van der Waals surface area (Å²) in [4.78, 5) is 35.2. The molecule has 0 aromatic rings. The lowest BCUT2D eigenvalue weighted by molar-refractivity contribution is -0.371. The van der Waals surface area contributed by atoms with E-state index < -0.39 is 66.3 Å². The molecule has 0 unspecified atom stereocenters. The summed E-state index contributed by atoms with van der Waals surface area (Å²) in [6, 6.07) is 0. The van der Waals surface area contributed by atoms with Crippen LogP contribution in [0.15, 0.2) is 23.3 Å². The maximum absolute atomic E-state index is 13.8. The van der Waals surface area contributed by atoms with Crippen LogP contribution < -0.4 is 0 Å². The molecular weight excluding hydrogens is 606 g/mol. The molecule has 0 bridgehead atoms. The first-order chi connectivity index (χ1) is 20.7. The van der Waals surface area contributed by atoms with Crippen molar-refractivity contribution in [3.63, 3.8) is 0 Å². The van der Waals surface area contributed by atoms with Gasteiger partial charge in [0.2, 0.25) is 0 Å². The Kier molecular flexibility index (Phi) is 9.61. The molecular formula is C33H44F6O6. The number of hydrogen-bond acceptors (Lipinski definition) is 6. The van der Waals surface area contributed by atoms with Crippen LogP contribution in [0.3, 0.4) is 0 Å². The summed E-state index contributed by atoms with van der Waals surface area (Å²) in [6.07, 6.45) is -5.84. The first-order valence-corrected chi connectivity index (χ1v) is 15.8. The van der Waals surface area contributed by atoms with Gasteiger partial charge in [0.15, 0.2) is 0 Å². The van der Waals surface area contributed by atoms with Crippen molar-refractivity contribution in [2.75, 3.05) is 0 Å². The number of ether oxygens (including phenoxy) is 3. The molecule has 4 rings (SSSR count). The zero-order valence-corrected chi connectivity index (χ0v) is 26.7. The highest BCUT2D eigenvalue weighted by molar-refractivity contribution is 5.67. The number of fused-ring (bicyclic) bond motifs is 5. The monoisotopic (exact) mass is 650 g/mol. The summed E-state index contributed by atoms with van der Waals surface area (Å²) in [6.45, 7) is 9.44. The van der Waals surface area contributed by atoms with Crippen molar-refractivity contribution in [1.29, 1.82) is 0 Å². The number of esters is 3. The lowest BCUT2D eigenvalue weighted by Gasteiger charge is -2.57. The van der Waals surface area contributed by atoms with Gasteiger partial charge in [0.05, 0.1) is 0 Å². The van der Waals surface area contributed by atoms with E-state index >= 15 is 0 Å².